The van der Waals surface area contributed by atoms with Crippen molar-refractivity contribution in [3.63, 3.8) is 0 Å². The molecule has 18 atom stereocenters. The van der Waals surface area contributed by atoms with E-state index in [1.54, 1.807) is 71.8 Å². The number of nitrogens with one attached hydrogen (secondary N) is 3. The number of likely N-dealkylation sites (tertiary alicyclic amines) is 2. The van der Waals surface area contributed by atoms with E-state index in [1.165, 1.54) is 77.0 Å². The summed E-state index contributed by atoms with van der Waals surface area (Å²) in [5.74, 6) is -9.11. The van der Waals surface area contributed by atoms with Gasteiger partial charge >= 0.3 is 18.2 Å². The Bertz CT molecular complexity index is 4940. The molecule has 0 unspecified atom stereocenters. The molecule has 7 amide bonds. The van der Waals surface area contributed by atoms with Gasteiger partial charge in [-0.05, 0) is 188 Å². The first-order valence-corrected chi connectivity index (χ1v) is 53.6. The van der Waals surface area contributed by atoms with Gasteiger partial charge in [0.05, 0.1) is 88.9 Å². The molecule has 39 heteroatoms. The number of carbonyl (C=O) groups excluding carboxylic acids is 12. The van der Waals surface area contributed by atoms with Gasteiger partial charge < -0.3 is 63.2 Å². The fourth-order valence-corrected chi connectivity index (χ4v) is 22.8. The Morgan fingerprint density at radius 1 is 0.462 bits per heavy atom. The number of carboxylic acid groups (broad SMARTS) is 1. The van der Waals surface area contributed by atoms with Crippen LogP contribution >= 0.6 is 0 Å². The number of rotatable bonds is 60. The summed E-state index contributed by atoms with van der Waals surface area (Å²) in [6, 6.07) is 14.4. The Labute approximate surface area is 846 Å². The van der Waals surface area contributed by atoms with Crippen LogP contribution in [0.2, 0.25) is 0 Å². The zero-order valence-corrected chi connectivity index (χ0v) is 90.1. The molecule has 3 aromatic rings. The molecule has 4 fully saturated rings. The predicted molar refractivity (Wildman–Crippen MR) is 539 cm³/mol. The average molecular weight is 2050 g/mol. The van der Waals surface area contributed by atoms with Crippen LogP contribution in [0.4, 0.5) is 15.3 Å². The first kappa shape index (κ1) is 122. The summed E-state index contributed by atoms with van der Waals surface area (Å²) in [5.41, 5.74) is 0.927. The van der Waals surface area contributed by atoms with Crippen LogP contribution in [0.1, 0.15) is 236 Å². The molecule has 4 N–H and O–H groups in total. The normalized spacial score (nSPS) is 18.4. The SMILES string of the molecule is CC[C@H](C)[C@@H]([C@@H](CC(=O)N1CCC[C@H]1[C@H](OC)[C@@H](C)C(=O)C[C@@H](Cc1ccc(OC(=O)NCCCCCC(=O)O)cc1)C(=O)NS(=O)(=O)C1CC1)OC)N(C)C(=O)[C@@H](CC(=O)[C@H](C(C)C)N(C)C)C(C)C.CC[C@H](C)[C@@H]([C@@H](CC(=O)N1CCC[C@H]1[C@H](OC)[C@@H](C)C(=O)C[C@@H](Cc1ccc(OC(=O)Oc2ccc([N+](=O)[O-])cc2)cc1)C(=O)NS(=O)(=O)C1CC1)OC)N(C)C(=O)[C@@H](CC(=O)[C@H](C(C)C)N(C)C)C(C)C. The number of hydrogen-bond donors (Lipinski definition) is 4. The third-order valence-corrected chi connectivity index (χ3v) is 32.4. The van der Waals surface area contributed by atoms with E-state index in [4.69, 9.17) is 38.3 Å². The summed E-state index contributed by atoms with van der Waals surface area (Å²) < 4.78 is 96.0. The van der Waals surface area contributed by atoms with Crippen LogP contribution in [-0.4, -0.2) is 295 Å². The summed E-state index contributed by atoms with van der Waals surface area (Å²) in [4.78, 5) is 198. The number of hydrogen-bond acceptors (Lipinski definition) is 28. The second-order valence-electron chi connectivity index (χ2n) is 41.1. The lowest BCUT2D eigenvalue weighted by atomic mass is 9.83. The Kier molecular flexibility index (Phi) is 48.9. The van der Waals surface area contributed by atoms with E-state index in [-0.39, 0.29) is 175 Å². The molecule has 802 valence electrons. The molecule has 0 radical (unpaired) electrons. The van der Waals surface area contributed by atoms with Crippen molar-refractivity contribution < 1.29 is 122 Å². The van der Waals surface area contributed by atoms with Gasteiger partial charge in [0, 0.05) is 142 Å². The third-order valence-electron chi connectivity index (χ3n) is 28.7. The summed E-state index contributed by atoms with van der Waals surface area (Å²) in [6.07, 6.45) is 1.76. The van der Waals surface area contributed by atoms with Gasteiger partial charge in [-0.25, -0.2) is 26.4 Å². The van der Waals surface area contributed by atoms with Gasteiger partial charge in [0.15, 0.2) is 11.6 Å². The van der Waals surface area contributed by atoms with Crippen LogP contribution in [0, 0.1) is 81.1 Å². The molecule has 143 heavy (non-hydrogen) atoms. The number of methoxy groups -OCH3 is 4. The third kappa shape index (κ3) is 36.1. The lowest BCUT2D eigenvalue weighted by Gasteiger charge is -2.41. The standard InChI is InChI=1S/C52H77N5O14S.C52H85N5O13S/c1-13-33(6)48(55(10)51(62)41(31(2)3)29-44(59)47(32(4)5)54(8)9)45(68-11)30-46(60)56-26-14-15-42(56)49(69-12)34(7)43(58)28-36(50(61)53-72(66,67)40-24-25-40)27-35-16-20-38(21-17-35)70-52(63)71-39-22-18-37(19-23-39)57(64)65;1-13-34(6)48(56(10)51(64)40(32(2)3)30-43(59)47(33(4)5)55(8)9)44(68-11)31-45(60)57-27-17-18-41(57)49(69-12)35(7)42(58)29-37(50(63)54-71(66,67)39-24-25-39)28-36-20-22-38(23-21-36)70-52(65)53-26-16-14-15-19-46(61)62/h16-23,31-34,36,40-42,45,47-49H,13-15,24-30H2,1-12H3,(H,53,61);20-23,32-35,37,39-41,44,47-49H,13-19,24-31H2,1-12H3,(H,53,65)(H,54,63)(H,61,62)/t33-,34-,36+,41-,42-,45+,47-,48-,49+;34-,35-,37+,40-,41-,44+,47-,48-,49+/m00/s1. The van der Waals surface area contributed by atoms with Crippen LogP contribution in [0.25, 0.3) is 0 Å². The number of nitro benzene ring substituents is 1. The Morgan fingerprint density at radius 2 is 0.818 bits per heavy atom. The minimum atomic E-state index is -3.97. The van der Waals surface area contributed by atoms with Crippen molar-refractivity contribution in [3.05, 3.63) is 94.0 Å². The Morgan fingerprint density at radius 3 is 1.13 bits per heavy atom. The molecule has 2 saturated heterocycles. The molecule has 37 nitrogen and oxygen atoms in total. The molecule has 0 bridgehead atoms. The molecule has 4 aliphatic rings. The van der Waals surface area contributed by atoms with E-state index < -0.39 is 150 Å². The first-order chi connectivity index (χ1) is 67.2. The largest absolute Gasteiger partial charge is 0.519 e. The van der Waals surface area contributed by atoms with Crippen LogP contribution in [0.3, 0.4) is 0 Å². The van der Waals surface area contributed by atoms with Gasteiger partial charge in [-0.1, -0.05) is 140 Å². The van der Waals surface area contributed by atoms with E-state index in [1.807, 2.05) is 121 Å². The van der Waals surface area contributed by atoms with Crippen molar-refractivity contribution in [1.82, 2.24) is 44.2 Å². The molecule has 2 aliphatic carbocycles. The number of nitro groups is 1. The summed E-state index contributed by atoms with van der Waals surface area (Å²) in [5, 5.41) is 21.0. The highest BCUT2D eigenvalue weighted by atomic mass is 32.2. The molecule has 0 aromatic heterocycles. The second kappa shape index (κ2) is 57.4. The van der Waals surface area contributed by atoms with E-state index in [2.05, 4.69) is 14.8 Å². The van der Waals surface area contributed by atoms with Crippen molar-refractivity contribution in [2.75, 3.05) is 90.4 Å². The number of ether oxygens (including phenoxy) is 7. The zero-order chi connectivity index (χ0) is 107. The smallest absolute Gasteiger partial charge is 0.481 e. The van der Waals surface area contributed by atoms with Gasteiger partial charge in [0.1, 0.15) is 28.8 Å². The molecule has 2 saturated carbocycles. The number of benzene rings is 3. The first-order valence-electron chi connectivity index (χ1n) is 50.5. The maximum absolute atomic E-state index is 14.5. The monoisotopic (exact) mass is 2050 g/mol. The Balaban J connectivity index is 0.000000438. The number of carboxylic acids is 1. The minimum absolute atomic E-state index is 0.000925. The van der Waals surface area contributed by atoms with E-state index in [0.717, 1.165) is 0 Å². The highest BCUT2D eigenvalue weighted by Gasteiger charge is 2.49. The van der Waals surface area contributed by atoms with Crippen molar-refractivity contribution in [1.29, 1.82) is 0 Å². The zero-order valence-electron chi connectivity index (χ0n) is 88.5. The number of ketones is 4. The Hall–Kier alpha value is -9.77. The minimum Gasteiger partial charge on any atom is -0.481 e. The molecule has 3 aromatic carbocycles. The highest BCUT2D eigenvalue weighted by Crippen LogP contribution is 2.38. The topological polar surface area (TPSA) is 474 Å². The number of likely N-dealkylation sites (N-methyl/N-ethyl adjacent to an activating group) is 4. The summed E-state index contributed by atoms with van der Waals surface area (Å²) in [7, 11) is 8.99. The predicted octanol–water partition coefficient (Wildman–Crippen LogP) is 12.5. The van der Waals surface area contributed by atoms with Gasteiger partial charge in [0.25, 0.3) is 5.69 Å². The van der Waals surface area contributed by atoms with Crippen LogP contribution in [0.15, 0.2) is 72.8 Å². The number of nitrogens with zero attached hydrogens (tertiary/aromatic N) is 7. The molecule has 2 aliphatic heterocycles. The van der Waals surface area contributed by atoms with Crippen LogP contribution in [0.5, 0.6) is 17.2 Å². The molecule has 7 rings (SSSR count). The van der Waals surface area contributed by atoms with Gasteiger partial charge in [-0.3, -0.25) is 82.1 Å². The van der Waals surface area contributed by atoms with Crippen LogP contribution < -0.4 is 29.0 Å². The average Bonchev–Trinajstić information content (AvgIpc) is 1.74. The number of non-ortho nitro benzene ring substituents is 1. The lowest BCUT2D eigenvalue weighted by molar-refractivity contribution is -0.384. The van der Waals surface area contributed by atoms with Crippen molar-refractivity contribution in [2.45, 2.75) is 309 Å². The number of unbranched alkanes of at least 4 members (excludes halogenated alkanes) is 2. The number of carbonyl (C=O) groups is 13. The van der Waals surface area contributed by atoms with Gasteiger partial charge in [-0.2, -0.15) is 0 Å². The highest BCUT2D eigenvalue weighted by molar-refractivity contribution is 7.91. The summed E-state index contributed by atoms with van der Waals surface area (Å²) >= 11 is 0. The molecule has 0 spiro atoms. The van der Waals surface area contributed by atoms with Crippen molar-refractivity contribution >= 4 is 103 Å². The maximum atomic E-state index is 14.5. The van der Waals surface area contributed by atoms with Crippen molar-refractivity contribution in [2.24, 2.45) is 71.0 Å². The molecular weight excluding hydrogens is 1890 g/mol. The van der Waals surface area contributed by atoms with Gasteiger partial charge in [0.2, 0.25) is 55.5 Å². The fourth-order valence-electron chi connectivity index (χ4n) is 20.1. The second-order valence-corrected chi connectivity index (χ2v) is 45.0. The van der Waals surface area contributed by atoms with Crippen molar-refractivity contribution in [3.8, 4) is 17.2 Å². The maximum Gasteiger partial charge on any atom is 0.519 e. The van der Waals surface area contributed by atoms with Gasteiger partial charge in [-0.15, -0.1) is 0 Å². The van der Waals surface area contributed by atoms with Crippen LogP contribution in [-0.2, 0) is 105 Å². The molecular formula is C104H162N10O27S2. The lowest BCUT2D eigenvalue weighted by Crippen LogP contribution is -2.54. The van der Waals surface area contributed by atoms with E-state index in [0.29, 0.717) is 114 Å². The number of sulfonamides is 2. The number of aliphatic carboxylic acids is 1. The fraction of sp³-hybridized carbons (Fsp3) is 0.702. The summed E-state index contributed by atoms with van der Waals surface area (Å²) in [6.45, 7) is 28.3. The number of amides is 7. The van der Waals surface area contributed by atoms with E-state index >= 15 is 0 Å². The van der Waals surface area contributed by atoms with E-state index in [9.17, 15) is 89.3 Å². The quantitative estimate of drug-likeness (QED) is 0.0134. The molecule has 2 heterocycles. The number of Topliss-reactive ketones (excluding diaryl/α,β-unsaturated/α-hetero) is 4.